The number of nitrogens with one attached hydrogen (secondary N) is 1. The Morgan fingerprint density at radius 3 is 3.04 bits per heavy atom. The first-order chi connectivity index (χ1) is 13.2. The van der Waals surface area contributed by atoms with Gasteiger partial charge in [-0.15, -0.1) is 0 Å². The fraction of sp³-hybridized carbons (Fsp3) is 0.545. The van der Waals surface area contributed by atoms with Gasteiger partial charge in [0, 0.05) is 37.8 Å². The van der Waals surface area contributed by atoms with Crippen molar-refractivity contribution >= 4 is 5.78 Å². The van der Waals surface area contributed by atoms with Gasteiger partial charge in [-0.3, -0.25) is 9.69 Å². The Morgan fingerprint density at radius 2 is 2.15 bits per heavy atom. The molecule has 0 saturated carbocycles. The number of Topliss-reactive ketones (excluding diaryl/α,β-unsaturated/α-hetero) is 1. The Hall–Kier alpha value is -2.14. The van der Waals surface area contributed by atoms with E-state index in [2.05, 4.69) is 21.8 Å². The quantitative estimate of drug-likeness (QED) is 0.863. The number of carbonyl (C=O) groups excluding carboxylic acids is 1. The number of para-hydroxylation sites is 1. The summed E-state index contributed by atoms with van der Waals surface area (Å²) in [6.07, 6.45) is 8.74. The highest BCUT2D eigenvalue weighted by molar-refractivity contribution is 6.00. The van der Waals surface area contributed by atoms with E-state index in [1.54, 1.807) is 0 Å². The van der Waals surface area contributed by atoms with E-state index in [0.717, 1.165) is 62.5 Å². The summed E-state index contributed by atoms with van der Waals surface area (Å²) in [7, 11) is 0. The maximum atomic E-state index is 12.6. The Balaban J connectivity index is 1.39. The largest absolute Gasteiger partial charge is 0.486 e. The SMILES string of the molecule is CCCCc1ncc(CN2CCCC3(CC2)CC(=O)c2ccccc2O3)[nH]1. The molecule has 1 spiro atoms. The van der Waals surface area contributed by atoms with Crippen molar-refractivity contribution in [1.82, 2.24) is 14.9 Å². The van der Waals surface area contributed by atoms with Gasteiger partial charge in [-0.05, 0) is 37.9 Å². The molecule has 5 nitrogen and oxygen atoms in total. The average molecular weight is 367 g/mol. The van der Waals surface area contributed by atoms with Gasteiger partial charge < -0.3 is 9.72 Å². The van der Waals surface area contributed by atoms with E-state index in [-0.39, 0.29) is 11.4 Å². The van der Waals surface area contributed by atoms with Crippen LogP contribution < -0.4 is 4.74 Å². The summed E-state index contributed by atoms with van der Waals surface area (Å²) in [6.45, 7) is 5.07. The third kappa shape index (κ3) is 4.08. The molecule has 0 amide bonds. The van der Waals surface area contributed by atoms with Crippen molar-refractivity contribution in [2.75, 3.05) is 13.1 Å². The van der Waals surface area contributed by atoms with Crippen molar-refractivity contribution in [2.45, 2.75) is 64.0 Å². The Morgan fingerprint density at radius 1 is 1.26 bits per heavy atom. The zero-order chi connectivity index (χ0) is 18.7. The molecule has 5 heteroatoms. The zero-order valence-electron chi connectivity index (χ0n) is 16.2. The van der Waals surface area contributed by atoms with E-state index in [4.69, 9.17) is 4.74 Å². The van der Waals surface area contributed by atoms with Crippen LogP contribution in [0.4, 0.5) is 0 Å². The predicted molar refractivity (Wildman–Crippen MR) is 105 cm³/mol. The lowest BCUT2D eigenvalue weighted by Crippen LogP contribution is -2.42. The number of fused-ring (bicyclic) bond motifs is 1. The van der Waals surface area contributed by atoms with E-state index < -0.39 is 0 Å². The van der Waals surface area contributed by atoms with Gasteiger partial charge in [0.15, 0.2) is 5.78 Å². The van der Waals surface area contributed by atoms with Crippen LogP contribution in [-0.2, 0) is 13.0 Å². The summed E-state index contributed by atoms with van der Waals surface area (Å²) in [6, 6.07) is 7.66. The van der Waals surface area contributed by atoms with E-state index in [9.17, 15) is 4.79 Å². The number of likely N-dealkylation sites (tertiary alicyclic amines) is 1. The van der Waals surface area contributed by atoms with Gasteiger partial charge in [-0.1, -0.05) is 25.5 Å². The Kier molecular flexibility index (Phi) is 5.30. The number of hydrogen-bond acceptors (Lipinski definition) is 4. The first-order valence-corrected chi connectivity index (χ1v) is 10.2. The zero-order valence-corrected chi connectivity index (χ0v) is 16.2. The second kappa shape index (κ2) is 7.85. The summed E-state index contributed by atoms with van der Waals surface area (Å²) >= 11 is 0. The van der Waals surface area contributed by atoms with Gasteiger partial charge in [-0.25, -0.2) is 4.98 Å². The highest BCUT2D eigenvalue weighted by Gasteiger charge is 2.41. The predicted octanol–water partition coefficient (Wildman–Crippen LogP) is 4.14. The highest BCUT2D eigenvalue weighted by atomic mass is 16.5. The van der Waals surface area contributed by atoms with Crippen LogP contribution in [0, 0.1) is 0 Å². The summed E-state index contributed by atoms with van der Waals surface area (Å²) < 4.78 is 6.39. The second-order valence-corrected chi connectivity index (χ2v) is 7.97. The lowest BCUT2D eigenvalue weighted by molar-refractivity contribution is 0.0298. The molecule has 27 heavy (non-hydrogen) atoms. The van der Waals surface area contributed by atoms with Crippen LogP contribution in [-0.4, -0.2) is 39.3 Å². The average Bonchev–Trinajstić information content (AvgIpc) is 3.03. The molecule has 0 radical (unpaired) electrons. The number of aromatic amines is 1. The van der Waals surface area contributed by atoms with Crippen molar-refractivity contribution in [3.63, 3.8) is 0 Å². The number of aromatic nitrogens is 2. The Bertz CT molecular complexity index is 800. The van der Waals surface area contributed by atoms with Crippen LogP contribution in [0.1, 0.15) is 67.3 Å². The summed E-state index contributed by atoms with van der Waals surface area (Å²) in [5, 5.41) is 0. The van der Waals surface area contributed by atoms with Crippen molar-refractivity contribution in [3.05, 3.63) is 47.5 Å². The molecule has 3 heterocycles. The summed E-state index contributed by atoms with van der Waals surface area (Å²) in [5.41, 5.74) is 1.59. The molecule has 1 aromatic carbocycles. The molecule has 1 saturated heterocycles. The van der Waals surface area contributed by atoms with E-state index in [1.807, 2.05) is 30.5 Å². The fourth-order valence-corrected chi connectivity index (χ4v) is 4.30. The van der Waals surface area contributed by atoms with Crippen molar-refractivity contribution in [3.8, 4) is 5.75 Å². The summed E-state index contributed by atoms with van der Waals surface area (Å²) in [5.74, 6) is 2.08. The molecule has 144 valence electrons. The van der Waals surface area contributed by atoms with Crippen molar-refractivity contribution < 1.29 is 9.53 Å². The van der Waals surface area contributed by atoms with Gasteiger partial charge >= 0.3 is 0 Å². The molecule has 0 bridgehead atoms. The van der Waals surface area contributed by atoms with Crippen molar-refractivity contribution in [2.24, 2.45) is 0 Å². The lowest BCUT2D eigenvalue weighted by atomic mass is 9.84. The number of imidazole rings is 1. The fourth-order valence-electron chi connectivity index (χ4n) is 4.30. The normalized spacial score (nSPS) is 23.1. The van der Waals surface area contributed by atoms with Gasteiger partial charge in [-0.2, -0.15) is 0 Å². The van der Waals surface area contributed by atoms with E-state index >= 15 is 0 Å². The van der Waals surface area contributed by atoms with Crippen LogP contribution in [0.25, 0.3) is 0 Å². The molecule has 1 fully saturated rings. The van der Waals surface area contributed by atoms with Gasteiger partial charge in [0.05, 0.1) is 12.0 Å². The lowest BCUT2D eigenvalue weighted by Gasteiger charge is -2.37. The number of nitrogens with zero attached hydrogens (tertiary/aromatic N) is 2. The summed E-state index contributed by atoms with van der Waals surface area (Å²) in [4.78, 5) is 23.1. The third-order valence-corrected chi connectivity index (χ3v) is 5.83. The number of carbonyl (C=O) groups is 1. The third-order valence-electron chi connectivity index (χ3n) is 5.83. The minimum atomic E-state index is -0.333. The molecule has 4 rings (SSSR count). The number of rotatable bonds is 5. The number of hydrogen-bond donors (Lipinski definition) is 1. The number of aryl methyl sites for hydroxylation is 1. The molecule has 1 unspecified atom stereocenters. The maximum absolute atomic E-state index is 12.6. The van der Waals surface area contributed by atoms with Gasteiger partial charge in [0.2, 0.25) is 0 Å². The molecule has 2 aliphatic rings. The minimum Gasteiger partial charge on any atom is -0.486 e. The first-order valence-electron chi connectivity index (χ1n) is 10.2. The molecule has 1 aromatic heterocycles. The molecule has 2 aromatic rings. The van der Waals surface area contributed by atoms with Gasteiger partial charge in [0.25, 0.3) is 0 Å². The molecule has 1 N–H and O–H groups in total. The minimum absolute atomic E-state index is 0.222. The molecule has 0 aliphatic carbocycles. The second-order valence-electron chi connectivity index (χ2n) is 7.97. The maximum Gasteiger partial charge on any atom is 0.170 e. The first kappa shape index (κ1) is 18.2. The van der Waals surface area contributed by atoms with Crippen LogP contribution in [0.5, 0.6) is 5.75 Å². The smallest absolute Gasteiger partial charge is 0.170 e. The number of H-pyrrole nitrogens is 1. The van der Waals surface area contributed by atoms with Crippen LogP contribution in [0.3, 0.4) is 0 Å². The van der Waals surface area contributed by atoms with Crippen LogP contribution in [0.2, 0.25) is 0 Å². The topological polar surface area (TPSA) is 58.2 Å². The molecular weight excluding hydrogens is 338 g/mol. The van der Waals surface area contributed by atoms with E-state index in [0.29, 0.717) is 6.42 Å². The number of benzene rings is 1. The number of ketones is 1. The standard InChI is InChI=1S/C22H29N3O2/c1-2-3-9-21-23-15-17(24-21)16-25-12-6-10-22(11-13-25)14-19(26)18-7-4-5-8-20(18)27-22/h4-5,7-8,15H,2-3,6,9-14,16H2,1H3,(H,23,24). The van der Waals surface area contributed by atoms with E-state index in [1.165, 1.54) is 18.5 Å². The monoisotopic (exact) mass is 367 g/mol. The molecule has 2 aliphatic heterocycles. The van der Waals surface area contributed by atoms with Crippen molar-refractivity contribution in [1.29, 1.82) is 0 Å². The number of ether oxygens (including phenoxy) is 1. The number of unbranched alkanes of at least 4 members (excludes halogenated alkanes) is 1. The molecule has 1 atom stereocenters. The molecular formula is C22H29N3O2. The van der Waals surface area contributed by atoms with Crippen LogP contribution in [0.15, 0.2) is 30.5 Å². The van der Waals surface area contributed by atoms with Crippen LogP contribution >= 0.6 is 0 Å². The highest BCUT2D eigenvalue weighted by Crippen LogP contribution is 2.39. The van der Waals surface area contributed by atoms with Gasteiger partial charge in [0.1, 0.15) is 17.2 Å². The Labute approximate surface area is 161 Å².